The van der Waals surface area contributed by atoms with Gasteiger partial charge in [0.1, 0.15) is 5.75 Å². The van der Waals surface area contributed by atoms with E-state index in [1.165, 1.54) is 19.2 Å². The van der Waals surface area contributed by atoms with Crippen LogP contribution in [0.4, 0.5) is 0 Å². The minimum absolute atomic E-state index is 0.0220. The Morgan fingerprint density at radius 1 is 1.50 bits per heavy atom. The van der Waals surface area contributed by atoms with Gasteiger partial charge in [-0.1, -0.05) is 15.9 Å². The Morgan fingerprint density at radius 2 is 2.21 bits per heavy atom. The lowest BCUT2D eigenvalue weighted by Gasteiger charge is -2.31. The summed E-state index contributed by atoms with van der Waals surface area (Å²) in [6.07, 6.45) is 1.69. The van der Waals surface area contributed by atoms with Gasteiger partial charge in [-0.15, -0.1) is 11.8 Å². The van der Waals surface area contributed by atoms with Gasteiger partial charge in [0.15, 0.2) is 5.50 Å². The number of ether oxygens (including phenoxy) is 2. The third-order valence-corrected chi connectivity index (χ3v) is 4.52. The standard InChI is InChI=1S/C16H15BrN4O6S/c1-4-26-15(22)12-13(21(23)24)14(20(25-2)16(19-12)28-3)27-11-6-9(8-18)5-10(17)7-11/h5-7,16H,4H2,1-3H3. The largest absolute Gasteiger partial charge is 0.461 e. The van der Waals surface area contributed by atoms with Crippen molar-refractivity contribution in [3.05, 3.63) is 49.9 Å². The predicted molar refractivity (Wildman–Crippen MR) is 104 cm³/mol. The van der Waals surface area contributed by atoms with E-state index < -0.39 is 27.8 Å². The Balaban J connectivity index is 2.64. The molecule has 0 amide bonds. The lowest BCUT2D eigenvalue weighted by atomic mass is 10.2. The highest BCUT2D eigenvalue weighted by Gasteiger charge is 2.43. The maximum atomic E-state index is 12.3. The van der Waals surface area contributed by atoms with E-state index in [1.54, 1.807) is 19.2 Å². The molecule has 0 aromatic heterocycles. The van der Waals surface area contributed by atoms with Crippen molar-refractivity contribution in [3.63, 3.8) is 0 Å². The first-order chi connectivity index (χ1) is 13.4. The molecule has 1 atom stereocenters. The lowest BCUT2D eigenvalue weighted by molar-refractivity contribution is -0.421. The molecule has 12 heteroatoms. The van der Waals surface area contributed by atoms with E-state index in [-0.39, 0.29) is 23.8 Å². The van der Waals surface area contributed by atoms with Gasteiger partial charge in [-0.2, -0.15) is 10.3 Å². The monoisotopic (exact) mass is 470 g/mol. The lowest BCUT2D eigenvalue weighted by Crippen LogP contribution is -2.42. The number of carbonyl (C=O) groups is 1. The van der Waals surface area contributed by atoms with E-state index >= 15 is 0 Å². The molecule has 1 aromatic carbocycles. The molecule has 1 heterocycles. The Hall–Kier alpha value is -2.62. The predicted octanol–water partition coefficient (Wildman–Crippen LogP) is 2.67. The minimum atomic E-state index is -0.947. The van der Waals surface area contributed by atoms with Crippen LogP contribution in [0.5, 0.6) is 5.75 Å². The number of hydrogen-bond donors (Lipinski definition) is 0. The van der Waals surface area contributed by atoms with Gasteiger partial charge < -0.3 is 9.47 Å². The highest BCUT2D eigenvalue weighted by molar-refractivity contribution is 9.10. The molecule has 148 valence electrons. The molecule has 1 aliphatic heterocycles. The van der Waals surface area contributed by atoms with Gasteiger partial charge >= 0.3 is 17.5 Å². The average Bonchev–Trinajstić information content (AvgIpc) is 2.66. The molecule has 0 bridgehead atoms. The second-order valence-electron chi connectivity index (χ2n) is 5.07. The third kappa shape index (κ3) is 4.61. The Kier molecular flexibility index (Phi) is 7.38. The van der Waals surface area contributed by atoms with E-state index in [4.69, 9.17) is 19.6 Å². The van der Waals surface area contributed by atoms with Gasteiger partial charge in [-0.05, 0) is 31.4 Å². The Labute approximate surface area is 173 Å². The van der Waals surface area contributed by atoms with E-state index in [1.807, 2.05) is 6.07 Å². The third-order valence-electron chi connectivity index (χ3n) is 3.34. The van der Waals surface area contributed by atoms with Crippen molar-refractivity contribution in [3.8, 4) is 11.8 Å². The zero-order chi connectivity index (χ0) is 20.8. The Bertz CT molecular complexity index is 898. The Morgan fingerprint density at radius 3 is 2.75 bits per heavy atom. The maximum absolute atomic E-state index is 12.3. The zero-order valence-corrected chi connectivity index (χ0v) is 17.4. The van der Waals surface area contributed by atoms with Crippen molar-refractivity contribution in [1.82, 2.24) is 5.06 Å². The van der Waals surface area contributed by atoms with E-state index in [2.05, 4.69) is 20.9 Å². The van der Waals surface area contributed by atoms with Gasteiger partial charge in [0.05, 0.1) is 30.3 Å². The zero-order valence-electron chi connectivity index (χ0n) is 15.0. The van der Waals surface area contributed by atoms with Crippen molar-refractivity contribution in [2.24, 2.45) is 4.99 Å². The molecule has 10 nitrogen and oxygen atoms in total. The quantitative estimate of drug-likeness (QED) is 0.335. The summed E-state index contributed by atoms with van der Waals surface area (Å²) in [5.74, 6) is -1.17. The molecule has 0 radical (unpaired) electrons. The van der Waals surface area contributed by atoms with Gasteiger partial charge in [0.2, 0.25) is 5.71 Å². The number of carbonyl (C=O) groups excluding carboxylic acids is 1. The van der Waals surface area contributed by atoms with E-state index in [0.717, 1.165) is 16.8 Å². The first-order valence-electron chi connectivity index (χ1n) is 7.74. The van der Waals surface area contributed by atoms with Crippen LogP contribution in [-0.2, 0) is 14.4 Å². The average molecular weight is 471 g/mol. The number of nitriles is 1. The number of benzene rings is 1. The van der Waals surface area contributed by atoms with Crippen LogP contribution in [0.15, 0.2) is 39.2 Å². The summed E-state index contributed by atoms with van der Waals surface area (Å²) in [6, 6.07) is 6.43. The number of hydroxylamine groups is 2. The number of nitrogens with zero attached hydrogens (tertiary/aromatic N) is 4. The fourth-order valence-corrected chi connectivity index (χ4v) is 3.31. The molecule has 0 fully saturated rings. The van der Waals surface area contributed by atoms with Crippen LogP contribution in [0.1, 0.15) is 12.5 Å². The van der Waals surface area contributed by atoms with Crippen LogP contribution in [-0.4, -0.2) is 47.1 Å². The molecule has 1 aromatic rings. The molecule has 28 heavy (non-hydrogen) atoms. The van der Waals surface area contributed by atoms with Gasteiger partial charge in [0.25, 0.3) is 0 Å². The maximum Gasteiger partial charge on any atom is 0.364 e. The molecular weight excluding hydrogens is 456 g/mol. The number of nitro groups is 1. The molecule has 0 saturated heterocycles. The molecule has 0 saturated carbocycles. The van der Waals surface area contributed by atoms with E-state index in [9.17, 15) is 14.9 Å². The summed E-state index contributed by atoms with van der Waals surface area (Å²) in [6.45, 7) is 1.60. The number of esters is 1. The van der Waals surface area contributed by atoms with Crippen molar-refractivity contribution < 1.29 is 24.0 Å². The number of thioether (sulfide) groups is 1. The fourth-order valence-electron chi connectivity index (χ4n) is 2.26. The van der Waals surface area contributed by atoms with Crippen molar-refractivity contribution in [2.75, 3.05) is 20.0 Å². The highest BCUT2D eigenvalue weighted by Crippen LogP contribution is 2.32. The molecule has 2 rings (SSSR count). The van der Waals surface area contributed by atoms with Crippen LogP contribution >= 0.6 is 27.7 Å². The van der Waals surface area contributed by atoms with Crippen LogP contribution < -0.4 is 4.74 Å². The van der Waals surface area contributed by atoms with Crippen LogP contribution in [0.2, 0.25) is 0 Å². The highest BCUT2D eigenvalue weighted by atomic mass is 79.9. The minimum Gasteiger partial charge on any atom is -0.461 e. The van der Waals surface area contributed by atoms with Crippen LogP contribution in [0.25, 0.3) is 0 Å². The fraction of sp³-hybridized carbons (Fsp3) is 0.312. The van der Waals surface area contributed by atoms with Gasteiger partial charge in [0, 0.05) is 4.47 Å². The smallest absolute Gasteiger partial charge is 0.364 e. The summed E-state index contributed by atoms with van der Waals surface area (Å²) in [7, 11) is 1.29. The molecule has 0 spiro atoms. The van der Waals surface area contributed by atoms with Crippen LogP contribution in [0, 0.1) is 21.4 Å². The van der Waals surface area contributed by atoms with Crippen LogP contribution in [0.3, 0.4) is 0 Å². The second kappa shape index (κ2) is 9.54. The summed E-state index contributed by atoms with van der Waals surface area (Å²) in [5.41, 5.74) is -1.74. The topological polar surface area (TPSA) is 127 Å². The number of hydrogen-bond acceptors (Lipinski definition) is 10. The molecule has 1 unspecified atom stereocenters. The normalized spacial score (nSPS) is 16.3. The first kappa shape index (κ1) is 21.7. The molecule has 1 aliphatic rings. The number of rotatable bonds is 7. The summed E-state index contributed by atoms with van der Waals surface area (Å²) < 4.78 is 11.1. The first-order valence-corrected chi connectivity index (χ1v) is 9.82. The number of aliphatic imine (C=N–C) groups is 1. The molecular formula is C16H15BrN4O6S. The second-order valence-corrected chi connectivity index (χ2v) is 6.88. The van der Waals surface area contributed by atoms with Crippen molar-refractivity contribution in [2.45, 2.75) is 12.4 Å². The van der Waals surface area contributed by atoms with Crippen molar-refractivity contribution >= 4 is 39.4 Å². The van der Waals surface area contributed by atoms with Gasteiger partial charge in [-0.3, -0.25) is 15.0 Å². The SMILES string of the molecule is CCOC(=O)C1=NC(SC)N(OC)C(Oc2cc(Br)cc(C#N)c2)=C1[N+](=O)[O-]. The number of halogens is 1. The van der Waals surface area contributed by atoms with E-state index in [0.29, 0.717) is 4.47 Å². The molecule has 0 N–H and O–H groups in total. The summed E-state index contributed by atoms with van der Waals surface area (Å²) in [5, 5.41) is 21.9. The summed E-state index contributed by atoms with van der Waals surface area (Å²) >= 11 is 4.41. The summed E-state index contributed by atoms with van der Waals surface area (Å²) in [4.78, 5) is 32.5. The molecule has 0 aliphatic carbocycles. The van der Waals surface area contributed by atoms with Gasteiger partial charge in [-0.25, -0.2) is 9.79 Å². The van der Waals surface area contributed by atoms with Crippen molar-refractivity contribution in [1.29, 1.82) is 5.26 Å².